The van der Waals surface area contributed by atoms with Gasteiger partial charge in [0.1, 0.15) is 0 Å². The highest BCUT2D eigenvalue weighted by atomic mass is 16.6. The first kappa shape index (κ1) is 15.7. The largest absolute Gasteiger partial charge is 0.368 e. The molecule has 1 aliphatic rings. The van der Waals surface area contributed by atoms with Crippen LogP contribution in [-0.2, 0) is 11.2 Å². The number of aliphatic hydroxyl groups excluding tert-OH is 1. The number of fused-ring (bicyclic) bond motifs is 3. The Morgan fingerprint density at radius 3 is 2.00 bits per heavy atom. The molecule has 112 valence electrons. The van der Waals surface area contributed by atoms with Gasteiger partial charge < -0.3 is 9.84 Å². The summed E-state index contributed by atoms with van der Waals surface area (Å²) in [6.45, 7) is 4.38. The van der Waals surface area contributed by atoms with Gasteiger partial charge in [0.25, 0.3) is 0 Å². The van der Waals surface area contributed by atoms with Crippen LogP contribution in [0, 0.1) is 0 Å². The van der Waals surface area contributed by atoms with E-state index in [0.717, 1.165) is 19.3 Å². The molecule has 0 heterocycles. The lowest BCUT2D eigenvalue weighted by Crippen LogP contribution is -2.06. The Morgan fingerprint density at radius 1 is 1.00 bits per heavy atom. The SMILES string of the molecule is CCCCOC(C)O.c1ccc2c(c1)Cc1ccccc1-2. The van der Waals surface area contributed by atoms with Crippen molar-refractivity contribution in [2.45, 2.75) is 39.4 Å². The third-order valence-electron chi connectivity index (χ3n) is 3.56. The zero-order chi connectivity index (χ0) is 15.1. The molecule has 0 amide bonds. The van der Waals surface area contributed by atoms with Crippen LogP contribution in [0.4, 0.5) is 0 Å². The third kappa shape index (κ3) is 4.42. The van der Waals surface area contributed by atoms with Crippen LogP contribution < -0.4 is 0 Å². The smallest absolute Gasteiger partial charge is 0.151 e. The van der Waals surface area contributed by atoms with Crippen molar-refractivity contribution in [3.63, 3.8) is 0 Å². The predicted octanol–water partition coefficient (Wildman–Crippen LogP) is 4.40. The van der Waals surface area contributed by atoms with E-state index in [0.29, 0.717) is 6.61 Å². The molecule has 2 nitrogen and oxygen atoms in total. The molecule has 0 aliphatic heterocycles. The Bertz CT molecular complexity index is 517. The number of benzene rings is 2. The molecule has 0 spiro atoms. The topological polar surface area (TPSA) is 29.5 Å². The minimum Gasteiger partial charge on any atom is -0.368 e. The van der Waals surface area contributed by atoms with E-state index in [1.807, 2.05) is 0 Å². The number of hydrogen-bond acceptors (Lipinski definition) is 2. The molecular weight excluding hydrogens is 260 g/mol. The van der Waals surface area contributed by atoms with E-state index >= 15 is 0 Å². The van der Waals surface area contributed by atoms with Crippen LogP contribution >= 0.6 is 0 Å². The molecule has 0 aromatic heterocycles. The molecule has 0 radical (unpaired) electrons. The van der Waals surface area contributed by atoms with Crippen molar-refractivity contribution < 1.29 is 9.84 Å². The van der Waals surface area contributed by atoms with E-state index in [2.05, 4.69) is 55.5 Å². The van der Waals surface area contributed by atoms with Gasteiger partial charge in [-0.25, -0.2) is 0 Å². The first-order valence-corrected chi connectivity index (χ1v) is 7.68. The summed E-state index contributed by atoms with van der Waals surface area (Å²) in [7, 11) is 0. The van der Waals surface area contributed by atoms with Gasteiger partial charge in [0.15, 0.2) is 6.29 Å². The molecular formula is C19H24O2. The summed E-state index contributed by atoms with van der Waals surface area (Å²) in [5, 5.41) is 8.56. The van der Waals surface area contributed by atoms with Crippen LogP contribution in [0.3, 0.4) is 0 Å². The molecule has 0 saturated heterocycles. The van der Waals surface area contributed by atoms with Gasteiger partial charge in [-0.3, -0.25) is 0 Å². The van der Waals surface area contributed by atoms with Crippen LogP contribution in [0.15, 0.2) is 48.5 Å². The van der Waals surface area contributed by atoms with Crippen LogP contribution in [0.2, 0.25) is 0 Å². The molecule has 0 fully saturated rings. The predicted molar refractivity (Wildman–Crippen MR) is 87.2 cm³/mol. The number of rotatable bonds is 4. The average Bonchev–Trinajstić information content (AvgIpc) is 2.86. The van der Waals surface area contributed by atoms with Crippen molar-refractivity contribution in [2.24, 2.45) is 0 Å². The maximum atomic E-state index is 8.56. The van der Waals surface area contributed by atoms with Crippen molar-refractivity contribution in [3.8, 4) is 11.1 Å². The van der Waals surface area contributed by atoms with E-state index in [4.69, 9.17) is 9.84 Å². The van der Waals surface area contributed by atoms with Crippen LogP contribution in [0.1, 0.15) is 37.8 Å². The third-order valence-corrected chi connectivity index (χ3v) is 3.56. The summed E-state index contributed by atoms with van der Waals surface area (Å²) in [5.41, 5.74) is 5.75. The second kappa shape index (κ2) is 7.96. The number of ether oxygens (including phenoxy) is 1. The highest BCUT2D eigenvalue weighted by Crippen LogP contribution is 2.35. The number of aliphatic hydroxyl groups is 1. The fourth-order valence-corrected chi connectivity index (χ4v) is 2.48. The van der Waals surface area contributed by atoms with Crippen LogP contribution in [-0.4, -0.2) is 18.0 Å². The van der Waals surface area contributed by atoms with Gasteiger partial charge in [0.2, 0.25) is 0 Å². The van der Waals surface area contributed by atoms with Crippen molar-refractivity contribution in [1.29, 1.82) is 0 Å². The highest BCUT2D eigenvalue weighted by molar-refractivity contribution is 5.76. The Labute approximate surface area is 127 Å². The van der Waals surface area contributed by atoms with Gasteiger partial charge in [-0.15, -0.1) is 0 Å². The molecule has 3 rings (SSSR count). The molecule has 1 atom stereocenters. The molecule has 1 unspecified atom stereocenters. The Balaban J connectivity index is 0.000000177. The fourth-order valence-electron chi connectivity index (χ4n) is 2.48. The fraction of sp³-hybridized carbons (Fsp3) is 0.368. The molecule has 0 saturated carbocycles. The molecule has 1 N–H and O–H groups in total. The lowest BCUT2D eigenvalue weighted by atomic mass is 10.1. The molecule has 1 aliphatic carbocycles. The van der Waals surface area contributed by atoms with Crippen LogP contribution in [0.5, 0.6) is 0 Å². The lowest BCUT2D eigenvalue weighted by molar-refractivity contribution is -0.0856. The summed E-state index contributed by atoms with van der Waals surface area (Å²) in [4.78, 5) is 0. The zero-order valence-corrected chi connectivity index (χ0v) is 12.9. The van der Waals surface area contributed by atoms with Crippen LogP contribution in [0.25, 0.3) is 11.1 Å². The van der Waals surface area contributed by atoms with Crippen molar-refractivity contribution in [2.75, 3.05) is 6.61 Å². The minimum atomic E-state index is -0.596. The molecule has 2 aromatic rings. The Hall–Kier alpha value is -1.64. The van der Waals surface area contributed by atoms with E-state index < -0.39 is 6.29 Å². The molecule has 0 bridgehead atoms. The summed E-state index contributed by atoms with van der Waals surface area (Å²) >= 11 is 0. The standard InChI is InChI=1S/C13H10.C6H14O2/c1-3-7-12-10(5-1)9-11-6-2-4-8-13(11)12;1-3-4-5-8-6(2)7/h1-8H,9H2;6-7H,3-5H2,1-2H3. The maximum Gasteiger partial charge on any atom is 0.151 e. The monoisotopic (exact) mass is 284 g/mol. The van der Waals surface area contributed by atoms with E-state index in [9.17, 15) is 0 Å². The minimum absolute atomic E-state index is 0.596. The summed E-state index contributed by atoms with van der Waals surface area (Å²) in [6, 6.07) is 17.3. The highest BCUT2D eigenvalue weighted by Gasteiger charge is 2.15. The maximum absolute atomic E-state index is 8.56. The summed E-state index contributed by atoms with van der Waals surface area (Å²) in [6.07, 6.45) is 2.66. The number of unbranched alkanes of at least 4 members (excludes halogenated alkanes) is 1. The van der Waals surface area contributed by atoms with E-state index in [1.165, 1.54) is 22.3 Å². The van der Waals surface area contributed by atoms with Gasteiger partial charge in [0, 0.05) is 6.61 Å². The Morgan fingerprint density at radius 2 is 1.52 bits per heavy atom. The number of hydrogen-bond donors (Lipinski definition) is 1. The first-order chi connectivity index (χ1) is 10.2. The second-order valence-corrected chi connectivity index (χ2v) is 5.31. The van der Waals surface area contributed by atoms with Crippen molar-refractivity contribution >= 4 is 0 Å². The van der Waals surface area contributed by atoms with E-state index in [1.54, 1.807) is 6.92 Å². The first-order valence-electron chi connectivity index (χ1n) is 7.68. The summed E-state index contributed by atoms with van der Waals surface area (Å²) < 4.78 is 4.84. The molecule has 2 heteroatoms. The average molecular weight is 284 g/mol. The van der Waals surface area contributed by atoms with Crippen molar-refractivity contribution in [1.82, 2.24) is 0 Å². The van der Waals surface area contributed by atoms with E-state index in [-0.39, 0.29) is 0 Å². The van der Waals surface area contributed by atoms with Gasteiger partial charge in [0.05, 0.1) is 0 Å². The van der Waals surface area contributed by atoms with Gasteiger partial charge in [-0.05, 0) is 42.0 Å². The zero-order valence-electron chi connectivity index (χ0n) is 12.9. The Kier molecular flexibility index (Phi) is 5.97. The lowest BCUT2D eigenvalue weighted by Gasteiger charge is -2.03. The molecule has 2 aromatic carbocycles. The second-order valence-electron chi connectivity index (χ2n) is 5.31. The normalized spacial score (nSPS) is 12.9. The summed E-state index contributed by atoms with van der Waals surface area (Å²) in [5.74, 6) is 0. The van der Waals surface area contributed by atoms with Gasteiger partial charge >= 0.3 is 0 Å². The molecule has 21 heavy (non-hydrogen) atoms. The van der Waals surface area contributed by atoms with Gasteiger partial charge in [-0.2, -0.15) is 0 Å². The quantitative estimate of drug-likeness (QED) is 0.568. The van der Waals surface area contributed by atoms with Crippen molar-refractivity contribution in [3.05, 3.63) is 59.7 Å². The van der Waals surface area contributed by atoms with Gasteiger partial charge in [-0.1, -0.05) is 61.9 Å².